The number of nitrogens with zero attached hydrogens (tertiary/aromatic N) is 2. The first-order chi connectivity index (χ1) is 10.4. The highest BCUT2D eigenvalue weighted by Crippen LogP contribution is 2.20. The summed E-state index contributed by atoms with van der Waals surface area (Å²) in [6.45, 7) is 0. The monoisotopic (exact) mass is 316 g/mol. The minimum Gasteiger partial charge on any atom is -0.508 e. The molecule has 3 rings (SSSR count). The lowest BCUT2D eigenvalue weighted by molar-refractivity contribution is 0.476. The maximum atomic E-state index is 11.2. The second-order valence-corrected chi connectivity index (χ2v) is 6.19. The van der Waals surface area contributed by atoms with E-state index in [-0.39, 0.29) is 10.6 Å². The van der Waals surface area contributed by atoms with Crippen LogP contribution in [0.25, 0.3) is 10.9 Å². The number of rotatable bonds is 3. The van der Waals surface area contributed by atoms with Crippen molar-refractivity contribution in [1.29, 1.82) is 0 Å². The molecule has 0 spiro atoms. The van der Waals surface area contributed by atoms with E-state index in [4.69, 9.17) is 5.14 Å². The first-order valence-corrected chi connectivity index (χ1v) is 7.82. The Kier molecular flexibility index (Phi) is 3.39. The molecule has 0 bridgehead atoms. The van der Waals surface area contributed by atoms with Crippen LogP contribution in [0.15, 0.2) is 53.6 Å². The highest BCUT2D eigenvalue weighted by molar-refractivity contribution is 7.89. The zero-order valence-corrected chi connectivity index (χ0v) is 12.1. The molecule has 4 N–H and O–H groups in total. The van der Waals surface area contributed by atoms with Gasteiger partial charge in [0.15, 0.2) is 0 Å². The Bertz CT molecular complexity index is 940. The van der Waals surface area contributed by atoms with Crippen molar-refractivity contribution in [3.63, 3.8) is 0 Å². The van der Waals surface area contributed by atoms with E-state index in [1.54, 1.807) is 36.5 Å². The van der Waals surface area contributed by atoms with Crippen LogP contribution in [-0.2, 0) is 10.0 Å². The average molecular weight is 316 g/mol. The topological polar surface area (TPSA) is 118 Å². The fourth-order valence-corrected chi connectivity index (χ4v) is 2.45. The maximum Gasteiger partial charge on any atom is 0.238 e. The largest absolute Gasteiger partial charge is 0.508 e. The van der Waals surface area contributed by atoms with Gasteiger partial charge < -0.3 is 10.4 Å². The molecule has 3 aromatic rings. The van der Waals surface area contributed by atoms with Crippen molar-refractivity contribution in [3.8, 4) is 5.75 Å². The Morgan fingerprint density at radius 2 is 1.82 bits per heavy atom. The molecule has 0 unspecified atom stereocenters. The molecule has 0 atom stereocenters. The van der Waals surface area contributed by atoms with Crippen LogP contribution in [0, 0.1) is 0 Å². The van der Waals surface area contributed by atoms with E-state index in [0.29, 0.717) is 17.2 Å². The van der Waals surface area contributed by atoms with Crippen LogP contribution in [0.4, 0.5) is 11.6 Å². The third-order valence-electron chi connectivity index (χ3n) is 3.00. The number of hydrogen-bond donors (Lipinski definition) is 3. The van der Waals surface area contributed by atoms with Crippen molar-refractivity contribution >= 4 is 32.6 Å². The number of primary sulfonamides is 1. The zero-order valence-electron chi connectivity index (χ0n) is 11.3. The first kappa shape index (κ1) is 14.2. The molecule has 0 fully saturated rings. The number of anilines is 2. The van der Waals surface area contributed by atoms with E-state index in [2.05, 4.69) is 15.3 Å². The number of phenolic OH excluding ortho intramolecular Hbond substituents is 1. The highest BCUT2D eigenvalue weighted by Gasteiger charge is 2.07. The van der Waals surface area contributed by atoms with Gasteiger partial charge in [0.1, 0.15) is 5.75 Å². The van der Waals surface area contributed by atoms with Gasteiger partial charge in [-0.15, -0.1) is 0 Å². The van der Waals surface area contributed by atoms with Crippen molar-refractivity contribution in [3.05, 3.63) is 48.7 Å². The summed E-state index contributed by atoms with van der Waals surface area (Å²) in [5.74, 6) is 0.511. The molecule has 0 radical (unpaired) electrons. The fourth-order valence-electron chi connectivity index (χ4n) is 1.94. The van der Waals surface area contributed by atoms with Gasteiger partial charge in [-0.2, -0.15) is 0 Å². The van der Waals surface area contributed by atoms with Crippen molar-refractivity contribution in [2.75, 3.05) is 5.32 Å². The summed E-state index contributed by atoms with van der Waals surface area (Å²) in [7, 11) is -3.71. The number of nitrogens with one attached hydrogen (secondary N) is 1. The molecule has 0 saturated carbocycles. The average Bonchev–Trinajstić information content (AvgIpc) is 2.47. The van der Waals surface area contributed by atoms with Crippen molar-refractivity contribution in [2.45, 2.75) is 4.90 Å². The second kappa shape index (κ2) is 5.24. The number of aromatic hydroxyl groups is 1. The van der Waals surface area contributed by atoms with Crippen LogP contribution in [0.5, 0.6) is 5.75 Å². The number of hydrogen-bond acceptors (Lipinski definition) is 6. The van der Waals surface area contributed by atoms with Crippen LogP contribution in [0.1, 0.15) is 0 Å². The number of aromatic nitrogens is 2. The standard InChI is InChI=1S/C14H12N4O3S/c15-22(20,21)12-4-1-10(2-5-12)17-14-16-8-9-7-11(19)3-6-13(9)18-14/h1-8,19H,(H2,15,20,21)(H,16,17,18). The minimum absolute atomic E-state index is 0.0351. The van der Waals surface area contributed by atoms with Gasteiger partial charge in [-0.25, -0.2) is 23.5 Å². The molecule has 8 heteroatoms. The molecule has 0 aliphatic rings. The SMILES string of the molecule is NS(=O)(=O)c1ccc(Nc2ncc3cc(O)ccc3n2)cc1. The Labute approximate surface area is 126 Å². The minimum atomic E-state index is -3.71. The second-order valence-electron chi connectivity index (χ2n) is 4.63. The molecule has 0 aliphatic carbocycles. The van der Waals surface area contributed by atoms with Crippen molar-refractivity contribution in [2.24, 2.45) is 5.14 Å². The summed E-state index contributed by atoms with van der Waals surface area (Å²) in [5, 5.41) is 18.1. The van der Waals surface area contributed by atoms with Gasteiger partial charge in [0.2, 0.25) is 16.0 Å². The lowest BCUT2D eigenvalue weighted by atomic mass is 10.2. The quantitative estimate of drug-likeness (QED) is 0.677. The maximum absolute atomic E-state index is 11.2. The molecule has 1 heterocycles. The van der Waals surface area contributed by atoms with E-state index < -0.39 is 10.0 Å². The molecule has 22 heavy (non-hydrogen) atoms. The Morgan fingerprint density at radius 3 is 2.50 bits per heavy atom. The predicted molar refractivity (Wildman–Crippen MR) is 82.3 cm³/mol. The van der Waals surface area contributed by atoms with Gasteiger partial charge in [0, 0.05) is 17.3 Å². The van der Waals surface area contributed by atoms with Crippen LogP contribution in [0.3, 0.4) is 0 Å². The first-order valence-electron chi connectivity index (χ1n) is 6.27. The summed E-state index contributed by atoms with van der Waals surface area (Å²) in [5.41, 5.74) is 1.31. The molecular formula is C14H12N4O3S. The number of fused-ring (bicyclic) bond motifs is 1. The molecule has 2 aromatic carbocycles. The van der Waals surface area contributed by atoms with E-state index in [9.17, 15) is 13.5 Å². The van der Waals surface area contributed by atoms with E-state index >= 15 is 0 Å². The lowest BCUT2D eigenvalue weighted by Crippen LogP contribution is -2.11. The molecule has 0 aliphatic heterocycles. The summed E-state index contributed by atoms with van der Waals surface area (Å²) < 4.78 is 22.4. The highest BCUT2D eigenvalue weighted by atomic mass is 32.2. The van der Waals surface area contributed by atoms with Gasteiger partial charge >= 0.3 is 0 Å². The number of nitrogens with two attached hydrogens (primary N) is 1. The molecular weight excluding hydrogens is 304 g/mol. The summed E-state index contributed by atoms with van der Waals surface area (Å²) in [6.07, 6.45) is 1.59. The normalized spacial score (nSPS) is 11.5. The number of sulfonamides is 1. The third kappa shape index (κ3) is 2.97. The van der Waals surface area contributed by atoms with Gasteiger partial charge in [0.05, 0.1) is 10.4 Å². The number of benzene rings is 2. The van der Waals surface area contributed by atoms with Gasteiger partial charge in [0.25, 0.3) is 0 Å². The zero-order chi connectivity index (χ0) is 15.7. The smallest absolute Gasteiger partial charge is 0.238 e. The fraction of sp³-hybridized carbons (Fsp3) is 0. The molecule has 1 aromatic heterocycles. The molecule has 7 nitrogen and oxygen atoms in total. The molecule has 0 amide bonds. The van der Waals surface area contributed by atoms with E-state index in [1.165, 1.54) is 12.1 Å². The van der Waals surface area contributed by atoms with Gasteiger partial charge in [-0.05, 0) is 42.5 Å². The number of phenols is 1. The van der Waals surface area contributed by atoms with Crippen LogP contribution >= 0.6 is 0 Å². The summed E-state index contributed by atoms with van der Waals surface area (Å²) in [6, 6.07) is 10.7. The molecule has 112 valence electrons. The Balaban J connectivity index is 1.88. The Morgan fingerprint density at radius 1 is 1.09 bits per heavy atom. The Hall–Kier alpha value is -2.71. The predicted octanol–water partition coefficient (Wildman–Crippen LogP) is 1.73. The van der Waals surface area contributed by atoms with E-state index in [1.807, 2.05) is 0 Å². The van der Waals surface area contributed by atoms with Crippen LogP contribution in [0.2, 0.25) is 0 Å². The van der Waals surface area contributed by atoms with Crippen LogP contribution in [-0.4, -0.2) is 23.5 Å². The van der Waals surface area contributed by atoms with Crippen molar-refractivity contribution < 1.29 is 13.5 Å². The molecule has 0 saturated heterocycles. The summed E-state index contributed by atoms with van der Waals surface area (Å²) >= 11 is 0. The van der Waals surface area contributed by atoms with E-state index in [0.717, 1.165) is 5.39 Å². The van der Waals surface area contributed by atoms with Crippen molar-refractivity contribution in [1.82, 2.24) is 9.97 Å². The van der Waals surface area contributed by atoms with Gasteiger partial charge in [-0.1, -0.05) is 0 Å². The van der Waals surface area contributed by atoms with Crippen LogP contribution < -0.4 is 10.5 Å². The van der Waals surface area contributed by atoms with Gasteiger partial charge in [-0.3, -0.25) is 0 Å². The third-order valence-corrected chi connectivity index (χ3v) is 3.93. The lowest BCUT2D eigenvalue weighted by Gasteiger charge is -2.06. The summed E-state index contributed by atoms with van der Waals surface area (Å²) in [4.78, 5) is 8.48.